The molecule has 0 aliphatic carbocycles. The van der Waals surface area contributed by atoms with Gasteiger partial charge in [-0.3, -0.25) is 19.4 Å². The van der Waals surface area contributed by atoms with Crippen LogP contribution in [0.4, 0.5) is 8.78 Å². The topological polar surface area (TPSA) is 72.7 Å². The van der Waals surface area contributed by atoms with Crippen molar-refractivity contribution in [1.82, 2.24) is 25.1 Å². The first kappa shape index (κ1) is 16.9. The zero-order chi connectivity index (χ0) is 18.0. The average Bonchev–Trinajstić information content (AvgIpc) is 2.97. The summed E-state index contributed by atoms with van der Waals surface area (Å²) >= 11 is 0. The third kappa shape index (κ3) is 3.78. The van der Waals surface area contributed by atoms with Crippen molar-refractivity contribution in [1.29, 1.82) is 0 Å². The normalized spacial score (nSPS) is 13.0. The summed E-state index contributed by atoms with van der Waals surface area (Å²) in [6.07, 6.45) is 6.60. The molecule has 0 radical (unpaired) electrons. The predicted molar refractivity (Wildman–Crippen MR) is 89.0 cm³/mol. The maximum Gasteiger partial charge on any atom is 0.321 e. The molecule has 0 fully saturated rings. The van der Waals surface area contributed by atoms with Crippen molar-refractivity contribution in [2.75, 3.05) is 0 Å². The molecule has 0 spiro atoms. The molecule has 0 aliphatic rings. The fourth-order valence-electron chi connectivity index (χ4n) is 2.50. The van der Waals surface area contributed by atoms with Gasteiger partial charge in [0.05, 0.1) is 30.1 Å². The number of carbonyl (C=O) groups excluding carboxylic acids is 1. The zero-order valence-corrected chi connectivity index (χ0v) is 13.8. The number of alkyl halides is 2. The molecule has 3 rings (SSSR count). The summed E-state index contributed by atoms with van der Waals surface area (Å²) in [6.45, 7) is 2.52. The highest BCUT2D eigenvalue weighted by Crippen LogP contribution is 2.22. The summed E-state index contributed by atoms with van der Waals surface area (Å²) in [5.74, 6) is -4.69. The van der Waals surface area contributed by atoms with E-state index in [4.69, 9.17) is 0 Å². The molecule has 1 amide bonds. The minimum absolute atomic E-state index is 0.288. The van der Waals surface area contributed by atoms with E-state index in [9.17, 15) is 13.6 Å². The third-order valence-electron chi connectivity index (χ3n) is 3.72. The maximum absolute atomic E-state index is 13.0. The molecular weight excluding hydrogens is 328 g/mol. The number of amides is 1. The summed E-state index contributed by atoms with van der Waals surface area (Å²) in [7, 11) is 0. The Bertz CT molecular complexity index is 889. The third-order valence-corrected chi connectivity index (χ3v) is 3.72. The van der Waals surface area contributed by atoms with E-state index in [0.717, 1.165) is 22.2 Å². The maximum atomic E-state index is 13.0. The van der Waals surface area contributed by atoms with Crippen molar-refractivity contribution in [3.63, 3.8) is 0 Å². The number of benzene rings is 1. The zero-order valence-electron chi connectivity index (χ0n) is 13.8. The number of hydrogen-bond acceptors (Lipinski definition) is 4. The molecule has 2 heterocycles. The Morgan fingerprint density at radius 3 is 2.80 bits per heavy atom. The van der Waals surface area contributed by atoms with Gasteiger partial charge < -0.3 is 5.32 Å². The van der Waals surface area contributed by atoms with E-state index >= 15 is 0 Å². The molecule has 0 saturated heterocycles. The van der Waals surface area contributed by atoms with Crippen LogP contribution in [0.5, 0.6) is 0 Å². The lowest BCUT2D eigenvalue weighted by atomic mass is 10.1. The summed E-state index contributed by atoms with van der Waals surface area (Å²) in [5, 5.41) is 7.46. The SMILES string of the molecule is CC(Cn1ncc2cc(-c3cnccn3)ccc21)NC(=O)C(C)(F)F. The number of nitrogens with zero attached hydrogens (tertiary/aromatic N) is 4. The molecule has 1 atom stereocenters. The molecule has 0 aliphatic heterocycles. The molecule has 25 heavy (non-hydrogen) atoms. The number of aromatic nitrogens is 4. The van der Waals surface area contributed by atoms with E-state index in [2.05, 4.69) is 20.4 Å². The lowest BCUT2D eigenvalue weighted by Gasteiger charge is -2.17. The fourth-order valence-corrected chi connectivity index (χ4v) is 2.50. The van der Waals surface area contributed by atoms with Crippen LogP contribution in [-0.4, -0.2) is 37.6 Å². The summed E-state index contributed by atoms with van der Waals surface area (Å²) in [5.41, 5.74) is 2.51. The second-order valence-electron chi connectivity index (χ2n) is 5.95. The second kappa shape index (κ2) is 6.54. The average molecular weight is 345 g/mol. The van der Waals surface area contributed by atoms with E-state index in [-0.39, 0.29) is 6.54 Å². The van der Waals surface area contributed by atoms with Crippen molar-refractivity contribution < 1.29 is 13.6 Å². The van der Waals surface area contributed by atoms with Gasteiger partial charge in [0.25, 0.3) is 5.91 Å². The number of rotatable bonds is 5. The molecule has 130 valence electrons. The predicted octanol–water partition coefficient (Wildman–Crippen LogP) is 2.65. The smallest absolute Gasteiger partial charge is 0.321 e. The van der Waals surface area contributed by atoms with Crippen LogP contribution in [0.1, 0.15) is 13.8 Å². The molecule has 3 aromatic rings. The molecule has 8 heteroatoms. The summed E-state index contributed by atoms with van der Waals surface area (Å²) < 4.78 is 27.6. The Morgan fingerprint density at radius 1 is 1.32 bits per heavy atom. The van der Waals surface area contributed by atoms with Gasteiger partial charge in [0.15, 0.2) is 0 Å². The Labute approximate surface area is 142 Å². The van der Waals surface area contributed by atoms with Gasteiger partial charge in [-0.25, -0.2) is 0 Å². The first-order chi connectivity index (χ1) is 11.8. The van der Waals surface area contributed by atoms with E-state index < -0.39 is 17.9 Å². The highest BCUT2D eigenvalue weighted by Gasteiger charge is 2.32. The van der Waals surface area contributed by atoms with Gasteiger partial charge in [0, 0.05) is 36.3 Å². The van der Waals surface area contributed by atoms with Crippen molar-refractivity contribution in [3.8, 4) is 11.3 Å². The standard InChI is InChI=1S/C17H17F2N5O/c1-11(23-16(25)17(2,18)19)10-24-15-4-3-12(7-13(15)8-22-24)14-9-20-5-6-21-14/h3-9,11H,10H2,1-2H3,(H,23,25). The highest BCUT2D eigenvalue weighted by atomic mass is 19.3. The summed E-state index contributed by atoms with van der Waals surface area (Å²) in [4.78, 5) is 19.7. The van der Waals surface area contributed by atoms with E-state index in [0.29, 0.717) is 6.92 Å². The molecule has 0 bridgehead atoms. The molecule has 1 unspecified atom stereocenters. The van der Waals surface area contributed by atoms with Gasteiger partial charge in [0.1, 0.15) is 0 Å². The number of fused-ring (bicyclic) bond motifs is 1. The summed E-state index contributed by atoms with van der Waals surface area (Å²) in [6, 6.07) is 5.23. The van der Waals surface area contributed by atoms with Gasteiger partial charge in [0.2, 0.25) is 0 Å². The highest BCUT2D eigenvalue weighted by molar-refractivity contribution is 5.84. The van der Waals surface area contributed by atoms with Crippen LogP contribution in [0.25, 0.3) is 22.2 Å². The van der Waals surface area contributed by atoms with Gasteiger partial charge >= 0.3 is 5.92 Å². The van der Waals surface area contributed by atoms with Crippen molar-refractivity contribution in [2.45, 2.75) is 32.4 Å². The lowest BCUT2D eigenvalue weighted by molar-refractivity contribution is -0.143. The Kier molecular flexibility index (Phi) is 4.43. The number of carbonyl (C=O) groups is 1. The largest absolute Gasteiger partial charge is 0.347 e. The number of hydrogen-bond donors (Lipinski definition) is 1. The van der Waals surface area contributed by atoms with E-state index in [1.165, 1.54) is 0 Å². The molecule has 1 aromatic carbocycles. The van der Waals surface area contributed by atoms with Gasteiger partial charge in [-0.15, -0.1) is 0 Å². The Hall–Kier alpha value is -2.90. The monoisotopic (exact) mass is 345 g/mol. The molecule has 1 N–H and O–H groups in total. The number of nitrogens with one attached hydrogen (secondary N) is 1. The minimum Gasteiger partial charge on any atom is -0.347 e. The van der Waals surface area contributed by atoms with Crippen LogP contribution in [-0.2, 0) is 11.3 Å². The molecule has 0 saturated carbocycles. The van der Waals surface area contributed by atoms with Crippen LogP contribution in [0.15, 0.2) is 43.0 Å². The van der Waals surface area contributed by atoms with Gasteiger partial charge in [-0.2, -0.15) is 13.9 Å². The number of halogens is 2. The van der Waals surface area contributed by atoms with Crippen LogP contribution >= 0.6 is 0 Å². The second-order valence-corrected chi connectivity index (χ2v) is 5.95. The first-order valence-corrected chi connectivity index (χ1v) is 7.75. The van der Waals surface area contributed by atoms with Crippen LogP contribution < -0.4 is 5.32 Å². The minimum atomic E-state index is -3.40. The Balaban J connectivity index is 1.79. The van der Waals surface area contributed by atoms with Crippen molar-refractivity contribution >= 4 is 16.8 Å². The van der Waals surface area contributed by atoms with Crippen LogP contribution in [0.3, 0.4) is 0 Å². The van der Waals surface area contributed by atoms with E-state index in [1.807, 2.05) is 18.2 Å². The van der Waals surface area contributed by atoms with Crippen LogP contribution in [0, 0.1) is 0 Å². The van der Waals surface area contributed by atoms with Crippen molar-refractivity contribution in [3.05, 3.63) is 43.0 Å². The lowest BCUT2D eigenvalue weighted by Crippen LogP contribution is -2.44. The molecule has 2 aromatic heterocycles. The Morgan fingerprint density at radius 2 is 2.12 bits per heavy atom. The van der Waals surface area contributed by atoms with Gasteiger partial charge in [-0.1, -0.05) is 6.07 Å². The van der Waals surface area contributed by atoms with E-state index in [1.54, 1.807) is 36.4 Å². The van der Waals surface area contributed by atoms with Gasteiger partial charge in [-0.05, 0) is 19.1 Å². The molecule has 6 nitrogen and oxygen atoms in total. The van der Waals surface area contributed by atoms with Crippen molar-refractivity contribution in [2.24, 2.45) is 0 Å². The molecular formula is C17H17F2N5O. The van der Waals surface area contributed by atoms with Crippen LogP contribution in [0.2, 0.25) is 0 Å². The first-order valence-electron chi connectivity index (χ1n) is 7.75. The quantitative estimate of drug-likeness (QED) is 0.772. The fraction of sp³-hybridized carbons (Fsp3) is 0.294.